The van der Waals surface area contributed by atoms with Crippen molar-refractivity contribution in [3.8, 4) is 5.75 Å². The van der Waals surface area contributed by atoms with Gasteiger partial charge in [-0.15, -0.1) is 0 Å². The summed E-state index contributed by atoms with van der Waals surface area (Å²) in [5.41, 5.74) is 0.477. The van der Waals surface area contributed by atoms with Crippen LogP contribution in [0.2, 0.25) is 0 Å². The Labute approximate surface area is 152 Å². The fourth-order valence-corrected chi connectivity index (χ4v) is 5.85. The first-order valence-corrected chi connectivity index (χ1v) is 9.34. The molecule has 0 radical (unpaired) electrons. The molecule has 0 aromatic heterocycles. The lowest BCUT2D eigenvalue weighted by atomic mass is 9.49. The molecule has 1 aromatic rings. The van der Waals surface area contributed by atoms with E-state index in [0.29, 0.717) is 18.0 Å². The lowest BCUT2D eigenvalue weighted by Crippen LogP contribution is -2.51. The van der Waals surface area contributed by atoms with E-state index in [1.807, 2.05) is 0 Å². The van der Waals surface area contributed by atoms with E-state index in [4.69, 9.17) is 4.74 Å². The van der Waals surface area contributed by atoms with E-state index in [2.05, 4.69) is 10.6 Å². The molecule has 4 bridgehead atoms. The molecule has 4 saturated carbocycles. The van der Waals surface area contributed by atoms with Crippen LogP contribution in [-0.2, 0) is 0 Å². The van der Waals surface area contributed by atoms with Crippen LogP contribution in [0.5, 0.6) is 5.75 Å². The fourth-order valence-electron chi connectivity index (χ4n) is 5.85. The molecule has 7 heteroatoms. The van der Waals surface area contributed by atoms with Crippen molar-refractivity contribution in [2.45, 2.75) is 38.5 Å². The SMILES string of the molecule is COc1ccc([N+](=O)[O-])cc1NC(=O)NCC12CC3CC(CC(C3)C1)C2. The van der Waals surface area contributed by atoms with E-state index in [1.165, 1.54) is 63.8 Å². The third-order valence-electron chi connectivity index (χ3n) is 6.43. The van der Waals surface area contributed by atoms with Crippen LogP contribution in [0, 0.1) is 33.3 Å². The number of nitrogens with zero attached hydrogens (tertiary/aromatic N) is 1. The van der Waals surface area contributed by atoms with Gasteiger partial charge in [0.15, 0.2) is 0 Å². The first-order chi connectivity index (χ1) is 12.5. The second-order valence-corrected chi connectivity index (χ2v) is 8.37. The first kappa shape index (κ1) is 17.1. The van der Waals surface area contributed by atoms with Gasteiger partial charge in [0.25, 0.3) is 5.69 Å². The molecule has 140 valence electrons. The molecular formula is C19H25N3O4. The maximum Gasteiger partial charge on any atom is 0.319 e. The normalized spacial score (nSPS) is 31.5. The molecule has 4 aliphatic carbocycles. The second kappa shape index (κ2) is 6.45. The summed E-state index contributed by atoms with van der Waals surface area (Å²) in [6.07, 6.45) is 7.78. The summed E-state index contributed by atoms with van der Waals surface area (Å²) in [6.45, 7) is 0.680. The minimum absolute atomic E-state index is 0.0813. The second-order valence-electron chi connectivity index (χ2n) is 8.37. The molecule has 7 nitrogen and oxygen atoms in total. The van der Waals surface area contributed by atoms with E-state index in [1.54, 1.807) is 0 Å². The number of nitro groups is 1. The van der Waals surface area contributed by atoms with Crippen molar-refractivity contribution in [2.75, 3.05) is 19.0 Å². The fraction of sp³-hybridized carbons (Fsp3) is 0.632. The predicted octanol–water partition coefficient (Wildman–Crippen LogP) is 3.94. The van der Waals surface area contributed by atoms with Crippen LogP contribution in [0.25, 0.3) is 0 Å². The highest BCUT2D eigenvalue weighted by atomic mass is 16.6. The van der Waals surface area contributed by atoms with Crippen molar-refractivity contribution in [1.29, 1.82) is 0 Å². The van der Waals surface area contributed by atoms with E-state index in [-0.39, 0.29) is 17.1 Å². The zero-order valence-corrected chi connectivity index (χ0v) is 15.0. The van der Waals surface area contributed by atoms with Crippen molar-refractivity contribution in [3.05, 3.63) is 28.3 Å². The maximum atomic E-state index is 12.4. The van der Waals surface area contributed by atoms with Crippen LogP contribution >= 0.6 is 0 Å². The Hall–Kier alpha value is -2.31. The van der Waals surface area contributed by atoms with Crippen molar-refractivity contribution in [1.82, 2.24) is 5.32 Å². The molecule has 0 spiro atoms. The van der Waals surface area contributed by atoms with Gasteiger partial charge in [-0.05, 0) is 67.8 Å². The minimum atomic E-state index is -0.488. The number of rotatable bonds is 5. The lowest BCUT2D eigenvalue weighted by Gasteiger charge is -2.56. The molecule has 4 fully saturated rings. The number of non-ortho nitro benzene ring substituents is 1. The number of carbonyl (C=O) groups excluding carboxylic acids is 1. The number of carbonyl (C=O) groups is 1. The molecular weight excluding hydrogens is 334 g/mol. The number of hydrogen-bond acceptors (Lipinski definition) is 4. The van der Waals surface area contributed by atoms with Gasteiger partial charge < -0.3 is 15.4 Å². The van der Waals surface area contributed by atoms with Gasteiger partial charge in [-0.2, -0.15) is 0 Å². The lowest BCUT2D eigenvalue weighted by molar-refractivity contribution is -0.384. The van der Waals surface area contributed by atoms with Crippen LogP contribution < -0.4 is 15.4 Å². The highest BCUT2D eigenvalue weighted by Gasteiger charge is 2.50. The third kappa shape index (κ3) is 3.22. The van der Waals surface area contributed by atoms with Crippen LogP contribution in [-0.4, -0.2) is 24.6 Å². The number of nitrogens with one attached hydrogen (secondary N) is 2. The zero-order valence-electron chi connectivity index (χ0n) is 15.0. The van der Waals surface area contributed by atoms with Gasteiger partial charge in [0.2, 0.25) is 0 Å². The molecule has 0 heterocycles. The Balaban J connectivity index is 1.40. The molecule has 0 aliphatic heterocycles. The summed E-state index contributed by atoms with van der Waals surface area (Å²) in [7, 11) is 1.47. The minimum Gasteiger partial charge on any atom is -0.495 e. The molecule has 1 aromatic carbocycles. The van der Waals surface area contributed by atoms with Gasteiger partial charge in [0.1, 0.15) is 5.75 Å². The summed E-state index contributed by atoms with van der Waals surface area (Å²) in [5, 5.41) is 16.7. The highest BCUT2D eigenvalue weighted by Crippen LogP contribution is 2.59. The van der Waals surface area contributed by atoms with Crippen LogP contribution in [0.1, 0.15) is 38.5 Å². The average Bonchev–Trinajstić information content (AvgIpc) is 2.59. The van der Waals surface area contributed by atoms with Gasteiger partial charge >= 0.3 is 6.03 Å². The van der Waals surface area contributed by atoms with Gasteiger partial charge in [0, 0.05) is 18.7 Å². The number of nitro benzene ring substituents is 1. The van der Waals surface area contributed by atoms with E-state index in [0.717, 1.165) is 17.8 Å². The predicted molar refractivity (Wildman–Crippen MR) is 97.3 cm³/mol. The summed E-state index contributed by atoms with van der Waals surface area (Å²) in [5.74, 6) is 2.91. The number of hydrogen-bond donors (Lipinski definition) is 2. The van der Waals surface area contributed by atoms with Gasteiger partial charge in [-0.25, -0.2) is 4.79 Å². The molecule has 2 amide bonds. The number of methoxy groups -OCH3 is 1. The van der Waals surface area contributed by atoms with Crippen molar-refractivity contribution < 1.29 is 14.5 Å². The summed E-state index contributed by atoms with van der Waals surface area (Å²) >= 11 is 0. The third-order valence-corrected chi connectivity index (χ3v) is 6.43. The van der Waals surface area contributed by atoms with Crippen molar-refractivity contribution in [2.24, 2.45) is 23.2 Å². The molecule has 26 heavy (non-hydrogen) atoms. The molecule has 5 rings (SSSR count). The Bertz CT molecular complexity index is 698. The molecule has 0 unspecified atom stereocenters. The number of benzene rings is 1. The Kier molecular flexibility index (Phi) is 4.25. The quantitative estimate of drug-likeness (QED) is 0.615. The van der Waals surface area contributed by atoms with Crippen LogP contribution in [0.15, 0.2) is 18.2 Å². The number of anilines is 1. The van der Waals surface area contributed by atoms with Gasteiger partial charge in [-0.1, -0.05) is 0 Å². The van der Waals surface area contributed by atoms with Crippen LogP contribution in [0.3, 0.4) is 0 Å². The van der Waals surface area contributed by atoms with Crippen LogP contribution in [0.4, 0.5) is 16.2 Å². The number of urea groups is 1. The van der Waals surface area contributed by atoms with Crippen molar-refractivity contribution in [3.63, 3.8) is 0 Å². The first-order valence-electron chi connectivity index (χ1n) is 9.34. The smallest absolute Gasteiger partial charge is 0.319 e. The molecule has 4 aliphatic rings. The Morgan fingerprint density at radius 1 is 1.23 bits per heavy atom. The Morgan fingerprint density at radius 2 is 1.85 bits per heavy atom. The van der Waals surface area contributed by atoms with Crippen molar-refractivity contribution >= 4 is 17.4 Å². The largest absolute Gasteiger partial charge is 0.495 e. The van der Waals surface area contributed by atoms with E-state index < -0.39 is 4.92 Å². The maximum absolute atomic E-state index is 12.4. The average molecular weight is 359 g/mol. The summed E-state index contributed by atoms with van der Waals surface area (Å²) in [6, 6.07) is 3.84. The zero-order chi connectivity index (χ0) is 18.3. The Morgan fingerprint density at radius 3 is 2.38 bits per heavy atom. The standard InChI is InChI=1S/C19H25N3O4/c1-26-17-3-2-15(22(24)25)7-16(17)21-18(23)20-11-19-8-12-4-13(9-19)6-14(5-12)10-19/h2-3,7,12-14H,4-6,8-11H2,1H3,(H2,20,21,23). The number of ether oxygens (including phenoxy) is 1. The monoisotopic (exact) mass is 359 g/mol. The summed E-state index contributed by atoms with van der Waals surface area (Å²) < 4.78 is 5.19. The van der Waals surface area contributed by atoms with Gasteiger partial charge in [-0.3, -0.25) is 10.1 Å². The van der Waals surface area contributed by atoms with Gasteiger partial charge in [0.05, 0.1) is 17.7 Å². The topological polar surface area (TPSA) is 93.5 Å². The number of amides is 2. The summed E-state index contributed by atoms with van der Waals surface area (Å²) in [4.78, 5) is 22.9. The van der Waals surface area contributed by atoms with E-state index in [9.17, 15) is 14.9 Å². The molecule has 2 N–H and O–H groups in total. The van der Waals surface area contributed by atoms with E-state index >= 15 is 0 Å². The highest BCUT2D eigenvalue weighted by molar-refractivity contribution is 5.91. The molecule has 0 atom stereocenters. The molecule has 0 saturated heterocycles.